The van der Waals surface area contributed by atoms with Crippen LogP contribution >= 0.6 is 0 Å². The summed E-state index contributed by atoms with van der Waals surface area (Å²) in [5.41, 5.74) is 1.76. The van der Waals surface area contributed by atoms with Crippen LogP contribution in [0.4, 0.5) is 0 Å². The van der Waals surface area contributed by atoms with Crippen molar-refractivity contribution in [3.05, 3.63) is 55.3 Å². The lowest BCUT2D eigenvalue weighted by Gasteiger charge is -2.14. The highest BCUT2D eigenvalue weighted by molar-refractivity contribution is 5.68. The van der Waals surface area contributed by atoms with E-state index in [9.17, 15) is 0 Å². The van der Waals surface area contributed by atoms with Gasteiger partial charge >= 0.3 is 0 Å². The largest absolute Gasteiger partial charge is 0.312 e. The molecule has 0 aliphatic heterocycles. The number of fused-ring (bicyclic) bond motifs is 1. The van der Waals surface area contributed by atoms with Crippen LogP contribution in [0, 0.1) is 0 Å². The van der Waals surface area contributed by atoms with Crippen LogP contribution in [0.25, 0.3) is 11.2 Å². The number of imidazole rings is 1. The standard InChI is InChI=1S/C16H20N4/c1-3-5-6-7-8-9-10-14(4-2)20-13-19-15-11-17-12-18-16(15)20/h3,5-9,11-14H,4,10H2,1-2H3. The molecular weight excluding hydrogens is 248 g/mol. The average molecular weight is 268 g/mol. The number of aromatic nitrogens is 4. The molecule has 2 aromatic rings. The van der Waals surface area contributed by atoms with Crippen LogP contribution in [-0.2, 0) is 0 Å². The van der Waals surface area contributed by atoms with E-state index in [2.05, 4.69) is 38.6 Å². The first-order valence-corrected chi connectivity index (χ1v) is 6.93. The number of nitrogens with zero attached hydrogens (tertiary/aromatic N) is 4. The third-order valence-electron chi connectivity index (χ3n) is 3.17. The highest BCUT2D eigenvalue weighted by Gasteiger charge is 2.11. The van der Waals surface area contributed by atoms with Crippen molar-refractivity contribution >= 4 is 11.2 Å². The molecule has 4 heteroatoms. The lowest BCUT2D eigenvalue weighted by Crippen LogP contribution is -2.06. The average Bonchev–Trinajstić information content (AvgIpc) is 2.91. The second-order valence-corrected chi connectivity index (χ2v) is 4.52. The molecule has 2 rings (SSSR count). The molecule has 2 heterocycles. The monoisotopic (exact) mass is 268 g/mol. The number of rotatable bonds is 6. The summed E-state index contributed by atoms with van der Waals surface area (Å²) in [5, 5.41) is 0. The van der Waals surface area contributed by atoms with Crippen molar-refractivity contribution in [2.75, 3.05) is 0 Å². The molecule has 0 aliphatic rings. The molecule has 0 aromatic carbocycles. The van der Waals surface area contributed by atoms with Gasteiger partial charge in [-0.25, -0.2) is 15.0 Å². The Balaban J connectivity index is 2.08. The smallest absolute Gasteiger partial charge is 0.163 e. The van der Waals surface area contributed by atoms with Crippen molar-refractivity contribution in [2.24, 2.45) is 0 Å². The summed E-state index contributed by atoms with van der Waals surface area (Å²) >= 11 is 0. The van der Waals surface area contributed by atoms with E-state index in [0.717, 1.165) is 24.0 Å². The minimum Gasteiger partial charge on any atom is -0.312 e. The van der Waals surface area contributed by atoms with Gasteiger partial charge in [-0.05, 0) is 19.8 Å². The first-order chi connectivity index (χ1) is 9.86. The van der Waals surface area contributed by atoms with E-state index < -0.39 is 0 Å². The van der Waals surface area contributed by atoms with Crippen LogP contribution in [0.3, 0.4) is 0 Å². The van der Waals surface area contributed by atoms with Gasteiger partial charge in [0.25, 0.3) is 0 Å². The Morgan fingerprint density at radius 2 is 2.05 bits per heavy atom. The molecule has 0 amide bonds. The van der Waals surface area contributed by atoms with Crippen LogP contribution < -0.4 is 0 Å². The van der Waals surface area contributed by atoms with E-state index in [4.69, 9.17) is 0 Å². The van der Waals surface area contributed by atoms with Crippen molar-refractivity contribution in [1.82, 2.24) is 19.5 Å². The van der Waals surface area contributed by atoms with Gasteiger partial charge in [0, 0.05) is 6.04 Å². The molecule has 0 spiro atoms. The zero-order valence-electron chi connectivity index (χ0n) is 12.0. The van der Waals surface area contributed by atoms with Gasteiger partial charge in [-0.2, -0.15) is 0 Å². The molecule has 0 bridgehead atoms. The van der Waals surface area contributed by atoms with Crippen LogP contribution in [0.5, 0.6) is 0 Å². The fraction of sp³-hybridized carbons (Fsp3) is 0.312. The van der Waals surface area contributed by atoms with E-state index in [-0.39, 0.29) is 0 Å². The molecule has 0 fully saturated rings. The lowest BCUT2D eigenvalue weighted by molar-refractivity contribution is 0.501. The van der Waals surface area contributed by atoms with E-state index in [0.29, 0.717) is 6.04 Å². The molecule has 0 radical (unpaired) electrons. The Hall–Kier alpha value is -2.23. The van der Waals surface area contributed by atoms with Crippen LogP contribution in [0.15, 0.2) is 55.3 Å². The van der Waals surface area contributed by atoms with Gasteiger partial charge in [-0.15, -0.1) is 0 Å². The number of hydrogen-bond donors (Lipinski definition) is 0. The van der Waals surface area contributed by atoms with Crippen molar-refractivity contribution in [3.8, 4) is 0 Å². The Kier molecular flexibility index (Phi) is 5.24. The fourth-order valence-electron chi connectivity index (χ4n) is 2.08. The maximum atomic E-state index is 4.35. The molecule has 0 N–H and O–H groups in total. The zero-order valence-corrected chi connectivity index (χ0v) is 12.0. The zero-order chi connectivity index (χ0) is 14.2. The predicted octanol–water partition coefficient (Wildman–Crippen LogP) is 3.86. The fourth-order valence-corrected chi connectivity index (χ4v) is 2.08. The SMILES string of the molecule is CC=CC=CC=CCC(CC)n1cnc2cncnc21. The van der Waals surface area contributed by atoms with E-state index >= 15 is 0 Å². The van der Waals surface area contributed by atoms with Crippen LogP contribution in [0.2, 0.25) is 0 Å². The summed E-state index contributed by atoms with van der Waals surface area (Å²) in [4.78, 5) is 12.7. The quantitative estimate of drug-likeness (QED) is 0.747. The maximum absolute atomic E-state index is 4.35. The Morgan fingerprint density at radius 3 is 2.85 bits per heavy atom. The van der Waals surface area contributed by atoms with Crippen molar-refractivity contribution in [3.63, 3.8) is 0 Å². The third-order valence-corrected chi connectivity index (χ3v) is 3.17. The van der Waals surface area contributed by atoms with Gasteiger partial charge in [0.05, 0.1) is 12.5 Å². The first kappa shape index (κ1) is 14.2. The summed E-state index contributed by atoms with van der Waals surface area (Å²) in [6.45, 7) is 4.19. The molecule has 20 heavy (non-hydrogen) atoms. The summed E-state index contributed by atoms with van der Waals surface area (Å²) in [6, 6.07) is 0.376. The molecule has 0 saturated carbocycles. The van der Waals surface area contributed by atoms with Crippen molar-refractivity contribution < 1.29 is 0 Å². The van der Waals surface area contributed by atoms with Gasteiger partial charge in [0.15, 0.2) is 5.65 Å². The van der Waals surface area contributed by atoms with Gasteiger partial charge < -0.3 is 4.57 Å². The van der Waals surface area contributed by atoms with Crippen LogP contribution in [-0.4, -0.2) is 19.5 Å². The highest BCUT2D eigenvalue weighted by Crippen LogP contribution is 2.21. The Bertz CT molecular complexity index is 622. The van der Waals surface area contributed by atoms with Gasteiger partial charge in [-0.1, -0.05) is 43.4 Å². The second-order valence-electron chi connectivity index (χ2n) is 4.52. The maximum Gasteiger partial charge on any atom is 0.163 e. The molecular formula is C16H20N4. The topological polar surface area (TPSA) is 43.6 Å². The summed E-state index contributed by atoms with van der Waals surface area (Å²) in [7, 11) is 0. The van der Waals surface area contributed by atoms with Gasteiger partial charge in [-0.3, -0.25) is 0 Å². The molecule has 1 atom stereocenters. The molecule has 2 aromatic heterocycles. The minimum absolute atomic E-state index is 0.376. The van der Waals surface area contributed by atoms with Crippen molar-refractivity contribution in [2.45, 2.75) is 32.7 Å². The summed E-state index contributed by atoms with van der Waals surface area (Å²) < 4.78 is 2.14. The molecule has 104 valence electrons. The number of hydrogen-bond acceptors (Lipinski definition) is 3. The summed E-state index contributed by atoms with van der Waals surface area (Å²) in [5.74, 6) is 0. The highest BCUT2D eigenvalue weighted by atomic mass is 15.1. The van der Waals surface area contributed by atoms with E-state index in [1.807, 2.05) is 37.6 Å². The molecule has 0 aliphatic carbocycles. The predicted molar refractivity (Wildman–Crippen MR) is 82.4 cm³/mol. The minimum atomic E-state index is 0.376. The first-order valence-electron chi connectivity index (χ1n) is 6.93. The molecule has 4 nitrogen and oxygen atoms in total. The normalized spacial score (nSPS) is 14.1. The second kappa shape index (κ2) is 7.38. The molecule has 0 saturated heterocycles. The van der Waals surface area contributed by atoms with E-state index in [1.165, 1.54) is 0 Å². The van der Waals surface area contributed by atoms with E-state index in [1.54, 1.807) is 12.5 Å². The summed E-state index contributed by atoms with van der Waals surface area (Å²) in [6.07, 6.45) is 19.5. The third kappa shape index (κ3) is 3.41. The van der Waals surface area contributed by atoms with Crippen LogP contribution in [0.1, 0.15) is 32.7 Å². The Morgan fingerprint density at radius 1 is 1.20 bits per heavy atom. The molecule has 1 unspecified atom stereocenters. The number of allylic oxidation sites excluding steroid dienone is 6. The van der Waals surface area contributed by atoms with Crippen molar-refractivity contribution in [1.29, 1.82) is 0 Å². The van der Waals surface area contributed by atoms with Gasteiger partial charge in [0.2, 0.25) is 0 Å². The Labute approximate surface area is 119 Å². The van der Waals surface area contributed by atoms with Gasteiger partial charge in [0.1, 0.15) is 11.8 Å². The lowest BCUT2D eigenvalue weighted by atomic mass is 10.1.